The summed E-state index contributed by atoms with van der Waals surface area (Å²) >= 11 is 6.44. The van der Waals surface area contributed by atoms with Crippen LogP contribution in [0.15, 0.2) is 46.9 Å². The average Bonchev–Trinajstić information content (AvgIpc) is 2.83. The fourth-order valence-electron chi connectivity index (χ4n) is 2.20. The van der Waals surface area contributed by atoms with Gasteiger partial charge in [0.25, 0.3) is 5.91 Å². The Hall–Kier alpha value is -1.92. The van der Waals surface area contributed by atoms with E-state index in [1.54, 1.807) is 6.08 Å². The van der Waals surface area contributed by atoms with E-state index in [2.05, 4.69) is 0 Å². The minimum Gasteiger partial charge on any atom is -0.464 e. The van der Waals surface area contributed by atoms with Crippen molar-refractivity contribution in [3.63, 3.8) is 0 Å². The fourth-order valence-corrected chi connectivity index (χ4v) is 3.51. The summed E-state index contributed by atoms with van der Waals surface area (Å²) in [5.74, 6) is -0.675. The van der Waals surface area contributed by atoms with Crippen molar-refractivity contribution in [3.05, 3.63) is 52.4 Å². The molecule has 1 aliphatic rings. The van der Waals surface area contributed by atoms with Gasteiger partial charge in [0.2, 0.25) is 0 Å². The van der Waals surface area contributed by atoms with E-state index in [9.17, 15) is 9.59 Å². The van der Waals surface area contributed by atoms with Gasteiger partial charge in [-0.1, -0.05) is 73.7 Å². The summed E-state index contributed by atoms with van der Waals surface area (Å²) < 4.78 is 5.49. The predicted molar refractivity (Wildman–Crippen MR) is 106 cm³/mol. The van der Waals surface area contributed by atoms with Crippen molar-refractivity contribution >= 4 is 46.3 Å². The summed E-state index contributed by atoms with van der Waals surface area (Å²) in [7, 11) is 0. The van der Waals surface area contributed by atoms with Crippen molar-refractivity contribution in [2.45, 2.75) is 26.7 Å². The Morgan fingerprint density at radius 3 is 2.72 bits per heavy atom. The van der Waals surface area contributed by atoms with E-state index in [-0.39, 0.29) is 12.5 Å². The van der Waals surface area contributed by atoms with E-state index >= 15 is 0 Å². The third-order valence-corrected chi connectivity index (χ3v) is 4.85. The number of unbranched alkanes of at least 4 members (excludes halogenated alkanes) is 1. The largest absolute Gasteiger partial charge is 0.464 e. The van der Waals surface area contributed by atoms with Crippen molar-refractivity contribution in [3.8, 4) is 0 Å². The Balaban J connectivity index is 2.02. The van der Waals surface area contributed by atoms with Gasteiger partial charge >= 0.3 is 5.97 Å². The zero-order valence-corrected chi connectivity index (χ0v) is 16.0. The first-order valence-corrected chi connectivity index (χ1v) is 9.38. The van der Waals surface area contributed by atoms with E-state index in [0.29, 0.717) is 15.8 Å². The van der Waals surface area contributed by atoms with Crippen LogP contribution in [0.3, 0.4) is 0 Å². The summed E-state index contributed by atoms with van der Waals surface area (Å²) in [5.41, 5.74) is 2.00. The molecule has 0 atom stereocenters. The van der Waals surface area contributed by atoms with Crippen LogP contribution < -0.4 is 0 Å². The van der Waals surface area contributed by atoms with Crippen LogP contribution in [0.1, 0.15) is 32.3 Å². The molecule has 132 valence electrons. The lowest BCUT2D eigenvalue weighted by Gasteiger charge is -2.13. The topological polar surface area (TPSA) is 46.6 Å². The second-order valence-electron chi connectivity index (χ2n) is 5.64. The molecule has 1 aliphatic heterocycles. The summed E-state index contributed by atoms with van der Waals surface area (Å²) in [4.78, 5) is 26.1. The molecular formula is C19H21NO3S2. The highest BCUT2D eigenvalue weighted by Crippen LogP contribution is 2.31. The minimum absolute atomic E-state index is 0.132. The molecule has 2 rings (SSSR count). The number of hydrogen-bond donors (Lipinski definition) is 0. The number of hydrogen-bond acceptors (Lipinski definition) is 5. The van der Waals surface area contributed by atoms with Gasteiger partial charge in [0.05, 0.1) is 11.5 Å². The monoisotopic (exact) mass is 375 g/mol. The zero-order chi connectivity index (χ0) is 18.2. The maximum Gasteiger partial charge on any atom is 0.326 e. The second-order valence-corrected chi connectivity index (χ2v) is 7.32. The molecule has 0 bridgehead atoms. The summed E-state index contributed by atoms with van der Waals surface area (Å²) in [6.07, 6.45) is 5.55. The first-order valence-electron chi connectivity index (χ1n) is 8.15. The Morgan fingerprint density at radius 1 is 1.32 bits per heavy atom. The lowest BCUT2D eigenvalue weighted by molar-refractivity contribution is -0.146. The molecule has 1 heterocycles. The highest BCUT2D eigenvalue weighted by Gasteiger charge is 2.33. The molecule has 1 aromatic carbocycles. The summed E-state index contributed by atoms with van der Waals surface area (Å²) in [5, 5.41) is 0. The Bertz CT molecular complexity index is 711. The van der Waals surface area contributed by atoms with Gasteiger partial charge in [-0.05, 0) is 30.6 Å². The van der Waals surface area contributed by atoms with Gasteiger partial charge in [0.15, 0.2) is 0 Å². The van der Waals surface area contributed by atoms with Crippen LogP contribution in [0.5, 0.6) is 0 Å². The number of rotatable bonds is 7. The lowest BCUT2D eigenvalue weighted by atomic mass is 10.1. The summed E-state index contributed by atoms with van der Waals surface area (Å²) in [6.45, 7) is 4.19. The van der Waals surface area contributed by atoms with Crippen molar-refractivity contribution in [1.29, 1.82) is 0 Å². The highest BCUT2D eigenvalue weighted by molar-refractivity contribution is 8.26. The molecule has 0 aromatic heterocycles. The lowest BCUT2D eigenvalue weighted by Crippen LogP contribution is -2.34. The van der Waals surface area contributed by atoms with E-state index in [4.69, 9.17) is 17.0 Å². The third kappa shape index (κ3) is 5.83. The third-order valence-electron chi connectivity index (χ3n) is 3.47. The van der Waals surface area contributed by atoms with Crippen LogP contribution >= 0.6 is 24.0 Å². The standard InChI is InChI=1S/C19H21NO3S2/c1-3-4-10-23-17(21)13-20-18(22)16(25-19(20)24)12-14(2)11-15-8-6-5-7-9-15/h5-9,11-12H,3-4,10,13H2,1-2H3. The van der Waals surface area contributed by atoms with Crippen LogP contribution in [0.2, 0.25) is 0 Å². The number of amides is 1. The maximum absolute atomic E-state index is 12.5. The maximum atomic E-state index is 12.5. The molecule has 0 radical (unpaired) electrons. The van der Waals surface area contributed by atoms with Crippen molar-refractivity contribution in [2.24, 2.45) is 0 Å². The van der Waals surface area contributed by atoms with E-state index < -0.39 is 5.97 Å². The van der Waals surface area contributed by atoms with Gasteiger partial charge in [-0.3, -0.25) is 14.5 Å². The van der Waals surface area contributed by atoms with E-state index in [1.165, 1.54) is 16.7 Å². The van der Waals surface area contributed by atoms with Crippen molar-refractivity contribution < 1.29 is 14.3 Å². The number of carbonyl (C=O) groups excluding carboxylic acids is 2. The van der Waals surface area contributed by atoms with Gasteiger partial charge in [-0.2, -0.15) is 0 Å². The quantitative estimate of drug-likeness (QED) is 0.310. The molecule has 0 saturated carbocycles. The molecule has 4 nitrogen and oxygen atoms in total. The molecule has 0 unspecified atom stereocenters. The Morgan fingerprint density at radius 2 is 2.04 bits per heavy atom. The molecule has 0 N–H and O–H groups in total. The molecule has 6 heteroatoms. The molecular weight excluding hydrogens is 354 g/mol. The van der Waals surface area contributed by atoms with E-state index in [0.717, 1.165) is 24.0 Å². The first-order chi connectivity index (χ1) is 12.0. The predicted octanol–water partition coefficient (Wildman–Crippen LogP) is 4.18. The number of allylic oxidation sites excluding steroid dienone is 2. The molecule has 1 aromatic rings. The fraction of sp³-hybridized carbons (Fsp3) is 0.316. The number of thioether (sulfide) groups is 1. The van der Waals surface area contributed by atoms with Gasteiger partial charge in [-0.25, -0.2) is 0 Å². The number of benzene rings is 1. The SMILES string of the molecule is CCCCOC(=O)CN1C(=O)C(=CC(C)=Cc2ccccc2)SC1=S. The number of esters is 1. The number of carbonyl (C=O) groups is 2. The zero-order valence-electron chi connectivity index (χ0n) is 14.4. The normalized spacial score (nSPS) is 16.6. The van der Waals surface area contributed by atoms with Crippen LogP contribution in [0.25, 0.3) is 6.08 Å². The van der Waals surface area contributed by atoms with Crippen molar-refractivity contribution in [2.75, 3.05) is 13.2 Å². The average molecular weight is 376 g/mol. The molecule has 1 saturated heterocycles. The first kappa shape index (κ1) is 19.4. The Labute approximate surface area is 157 Å². The number of ether oxygens (including phenoxy) is 1. The molecule has 1 fully saturated rings. The van der Waals surface area contributed by atoms with Crippen molar-refractivity contribution in [1.82, 2.24) is 4.90 Å². The molecule has 0 spiro atoms. The number of nitrogens with zero attached hydrogens (tertiary/aromatic N) is 1. The molecule has 25 heavy (non-hydrogen) atoms. The smallest absolute Gasteiger partial charge is 0.326 e. The summed E-state index contributed by atoms with van der Waals surface area (Å²) in [6, 6.07) is 9.87. The van der Waals surface area contributed by atoms with Gasteiger partial charge in [0.1, 0.15) is 10.9 Å². The molecule has 1 amide bonds. The van der Waals surface area contributed by atoms with Crippen LogP contribution in [-0.4, -0.2) is 34.2 Å². The van der Waals surface area contributed by atoms with Crippen LogP contribution in [0.4, 0.5) is 0 Å². The van der Waals surface area contributed by atoms with Crippen LogP contribution in [0, 0.1) is 0 Å². The van der Waals surface area contributed by atoms with Crippen LogP contribution in [-0.2, 0) is 14.3 Å². The Kier molecular flexibility index (Phi) is 7.40. The van der Waals surface area contributed by atoms with Gasteiger partial charge in [-0.15, -0.1) is 0 Å². The van der Waals surface area contributed by atoms with Gasteiger partial charge in [0, 0.05) is 0 Å². The molecule has 0 aliphatic carbocycles. The minimum atomic E-state index is -0.428. The highest BCUT2D eigenvalue weighted by atomic mass is 32.2. The second kappa shape index (κ2) is 9.53. The van der Waals surface area contributed by atoms with E-state index in [1.807, 2.05) is 50.3 Å². The van der Waals surface area contributed by atoms with Gasteiger partial charge < -0.3 is 4.74 Å². The number of thiocarbonyl (C=S) groups is 1.